The molecule has 30 heavy (non-hydrogen) atoms. The van der Waals surface area contributed by atoms with Crippen LogP contribution in [-0.2, 0) is 16.1 Å². The zero-order valence-electron chi connectivity index (χ0n) is 15.9. The molecule has 4 aromatic rings. The Labute approximate surface area is 173 Å². The highest BCUT2D eigenvalue weighted by molar-refractivity contribution is 7.16. The first kappa shape index (κ1) is 19.9. The Kier molecular flexibility index (Phi) is 5.41. The highest BCUT2D eigenvalue weighted by Crippen LogP contribution is 2.23. The number of aromatic nitrogens is 1. The number of ether oxygens (including phenoxy) is 1. The summed E-state index contributed by atoms with van der Waals surface area (Å²) in [6, 6.07) is 14.5. The molecule has 0 unspecified atom stereocenters. The Hall–Kier alpha value is -3.39. The third-order valence-electron chi connectivity index (χ3n) is 4.51. The number of benzene rings is 3. The molecule has 0 spiro atoms. The molecular weight excluding hydrogens is 410 g/mol. The fraction of sp³-hybridized carbons (Fsp3) is 0.136. The van der Waals surface area contributed by atoms with Crippen LogP contribution in [-0.4, -0.2) is 23.1 Å². The maximum atomic E-state index is 14.5. The van der Waals surface area contributed by atoms with E-state index in [0.29, 0.717) is 5.56 Å². The monoisotopic (exact) mass is 426 g/mol. The number of amides is 1. The molecule has 8 heteroatoms. The second kappa shape index (κ2) is 8.16. The molecule has 0 aliphatic rings. The van der Waals surface area contributed by atoms with Gasteiger partial charge in [-0.3, -0.25) is 9.59 Å². The first-order chi connectivity index (χ1) is 14.5. The van der Waals surface area contributed by atoms with Crippen LogP contribution in [0.5, 0.6) is 0 Å². The van der Waals surface area contributed by atoms with Gasteiger partial charge in [0.2, 0.25) is 0 Å². The van der Waals surface area contributed by atoms with Crippen LogP contribution in [0.15, 0.2) is 59.6 Å². The number of hydrogen-bond acceptors (Lipinski definition) is 4. The lowest BCUT2D eigenvalue weighted by Crippen LogP contribution is -2.23. The summed E-state index contributed by atoms with van der Waals surface area (Å²) >= 11 is 0.928. The molecule has 0 N–H and O–H groups in total. The standard InChI is InChI=1S/C22H16F2N2O3S/c1-2-29-19(27)12-26-20-17(24)10-14(23)11-18(20)30-22(26)25-21(28)16-9-5-7-13-6-3-4-8-15(13)16/h3-11H,2,12H2,1H3. The third-order valence-corrected chi connectivity index (χ3v) is 5.53. The van der Waals surface area contributed by atoms with Crippen molar-refractivity contribution in [1.82, 2.24) is 4.57 Å². The van der Waals surface area contributed by atoms with E-state index in [1.54, 1.807) is 19.1 Å². The van der Waals surface area contributed by atoms with Gasteiger partial charge in [-0.25, -0.2) is 8.78 Å². The molecule has 1 amide bonds. The van der Waals surface area contributed by atoms with Gasteiger partial charge < -0.3 is 9.30 Å². The average molecular weight is 426 g/mol. The Morgan fingerprint density at radius 2 is 1.87 bits per heavy atom. The second-order valence-electron chi connectivity index (χ2n) is 6.45. The number of hydrogen-bond donors (Lipinski definition) is 0. The molecule has 1 aromatic heterocycles. The number of nitrogens with zero attached hydrogens (tertiary/aromatic N) is 2. The van der Waals surface area contributed by atoms with Gasteiger partial charge in [0.15, 0.2) is 10.6 Å². The van der Waals surface area contributed by atoms with Gasteiger partial charge in [-0.1, -0.05) is 47.7 Å². The minimum absolute atomic E-state index is 0.000997. The van der Waals surface area contributed by atoms with Crippen molar-refractivity contribution in [2.75, 3.05) is 6.61 Å². The molecular formula is C22H16F2N2O3S. The third kappa shape index (κ3) is 3.73. The zero-order valence-corrected chi connectivity index (χ0v) is 16.7. The average Bonchev–Trinajstić information content (AvgIpc) is 3.04. The van der Waals surface area contributed by atoms with Crippen molar-refractivity contribution >= 4 is 44.2 Å². The Bertz CT molecular complexity index is 1350. The SMILES string of the molecule is CCOC(=O)Cn1c(=NC(=O)c2cccc3ccccc23)sc2cc(F)cc(F)c21. The zero-order chi connectivity index (χ0) is 21.3. The molecule has 0 aliphatic carbocycles. The maximum absolute atomic E-state index is 14.5. The molecule has 4 rings (SSSR count). The van der Waals surface area contributed by atoms with Crippen LogP contribution in [0, 0.1) is 11.6 Å². The summed E-state index contributed by atoms with van der Waals surface area (Å²) in [5.41, 5.74) is 0.374. The van der Waals surface area contributed by atoms with E-state index in [-0.39, 0.29) is 28.2 Å². The number of carbonyl (C=O) groups is 2. The predicted molar refractivity (Wildman–Crippen MR) is 110 cm³/mol. The van der Waals surface area contributed by atoms with Crippen molar-refractivity contribution in [2.45, 2.75) is 13.5 Å². The van der Waals surface area contributed by atoms with Gasteiger partial charge in [0.05, 0.1) is 16.8 Å². The van der Waals surface area contributed by atoms with Crippen LogP contribution in [0.25, 0.3) is 21.0 Å². The molecule has 0 aliphatic heterocycles. The second-order valence-corrected chi connectivity index (χ2v) is 7.46. The van der Waals surface area contributed by atoms with Gasteiger partial charge in [-0.2, -0.15) is 4.99 Å². The summed E-state index contributed by atoms with van der Waals surface area (Å²) in [5, 5.41) is 1.60. The van der Waals surface area contributed by atoms with Crippen LogP contribution in [0.4, 0.5) is 8.78 Å². The Balaban J connectivity index is 1.90. The van der Waals surface area contributed by atoms with Crippen molar-refractivity contribution in [2.24, 2.45) is 4.99 Å². The van der Waals surface area contributed by atoms with Crippen LogP contribution < -0.4 is 4.80 Å². The van der Waals surface area contributed by atoms with E-state index in [9.17, 15) is 18.4 Å². The minimum atomic E-state index is -0.843. The fourth-order valence-electron chi connectivity index (χ4n) is 3.26. The van der Waals surface area contributed by atoms with Gasteiger partial charge in [0, 0.05) is 11.6 Å². The normalized spacial score (nSPS) is 11.9. The van der Waals surface area contributed by atoms with E-state index in [1.807, 2.05) is 30.3 Å². The summed E-state index contributed by atoms with van der Waals surface area (Å²) < 4.78 is 34.6. The quantitative estimate of drug-likeness (QED) is 0.454. The first-order valence-electron chi connectivity index (χ1n) is 9.18. The van der Waals surface area contributed by atoms with Crippen LogP contribution in [0.3, 0.4) is 0 Å². The summed E-state index contributed by atoms with van der Waals surface area (Å²) in [6.07, 6.45) is 0. The van der Waals surface area contributed by atoms with Crippen molar-refractivity contribution in [3.8, 4) is 0 Å². The number of thiazole rings is 1. The molecule has 0 fully saturated rings. The minimum Gasteiger partial charge on any atom is -0.465 e. The molecule has 3 aromatic carbocycles. The molecule has 0 saturated heterocycles. The highest BCUT2D eigenvalue weighted by atomic mass is 32.1. The van der Waals surface area contributed by atoms with Gasteiger partial charge in [-0.05, 0) is 29.8 Å². The summed E-state index contributed by atoms with van der Waals surface area (Å²) in [6.45, 7) is 1.46. The van der Waals surface area contributed by atoms with Gasteiger partial charge in [0.1, 0.15) is 12.4 Å². The molecule has 0 saturated carbocycles. The van der Waals surface area contributed by atoms with Crippen LogP contribution >= 0.6 is 11.3 Å². The lowest BCUT2D eigenvalue weighted by Gasteiger charge is -2.06. The van der Waals surface area contributed by atoms with Crippen LogP contribution in [0.1, 0.15) is 17.3 Å². The van der Waals surface area contributed by atoms with Crippen molar-refractivity contribution in [3.05, 3.63) is 76.6 Å². The lowest BCUT2D eigenvalue weighted by atomic mass is 10.0. The molecule has 1 heterocycles. The van der Waals surface area contributed by atoms with Gasteiger partial charge in [-0.15, -0.1) is 0 Å². The Morgan fingerprint density at radius 1 is 1.10 bits per heavy atom. The fourth-order valence-corrected chi connectivity index (χ4v) is 4.32. The largest absolute Gasteiger partial charge is 0.465 e. The summed E-state index contributed by atoms with van der Waals surface area (Å²) in [4.78, 5) is 29.2. The van der Waals surface area contributed by atoms with E-state index < -0.39 is 23.5 Å². The Morgan fingerprint density at radius 3 is 2.67 bits per heavy atom. The van der Waals surface area contributed by atoms with Gasteiger partial charge in [0.25, 0.3) is 5.91 Å². The van der Waals surface area contributed by atoms with E-state index >= 15 is 0 Å². The number of rotatable bonds is 4. The first-order valence-corrected chi connectivity index (χ1v) is 10.0. The van der Waals surface area contributed by atoms with Crippen molar-refractivity contribution in [1.29, 1.82) is 0 Å². The van der Waals surface area contributed by atoms with Crippen molar-refractivity contribution in [3.63, 3.8) is 0 Å². The molecule has 0 bridgehead atoms. The smallest absolute Gasteiger partial charge is 0.326 e. The summed E-state index contributed by atoms with van der Waals surface area (Å²) in [5.74, 6) is -2.75. The molecule has 0 atom stereocenters. The summed E-state index contributed by atoms with van der Waals surface area (Å²) in [7, 11) is 0. The molecule has 0 radical (unpaired) electrons. The van der Waals surface area contributed by atoms with E-state index in [0.717, 1.165) is 34.2 Å². The predicted octanol–water partition coefficient (Wildman–Crippen LogP) is 4.44. The van der Waals surface area contributed by atoms with Crippen molar-refractivity contribution < 1.29 is 23.1 Å². The number of carbonyl (C=O) groups excluding carboxylic acids is 2. The van der Waals surface area contributed by atoms with E-state index in [2.05, 4.69) is 4.99 Å². The molecule has 152 valence electrons. The highest BCUT2D eigenvalue weighted by Gasteiger charge is 2.17. The lowest BCUT2D eigenvalue weighted by molar-refractivity contribution is -0.143. The van der Waals surface area contributed by atoms with Crippen LogP contribution in [0.2, 0.25) is 0 Å². The van der Waals surface area contributed by atoms with Gasteiger partial charge >= 0.3 is 5.97 Å². The topological polar surface area (TPSA) is 60.7 Å². The van der Waals surface area contributed by atoms with E-state index in [4.69, 9.17) is 4.74 Å². The molecule has 5 nitrogen and oxygen atoms in total. The van der Waals surface area contributed by atoms with E-state index in [1.165, 1.54) is 4.57 Å². The maximum Gasteiger partial charge on any atom is 0.326 e. The number of halogens is 2. The number of fused-ring (bicyclic) bond motifs is 2. The number of esters is 1.